The molecule has 0 aliphatic heterocycles. The Morgan fingerprint density at radius 1 is 1.04 bits per heavy atom. The van der Waals surface area contributed by atoms with E-state index >= 15 is 0 Å². The molecule has 0 radical (unpaired) electrons. The Morgan fingerprint density at radius 2 is 1.74 bits per heavy atom. The van der Waals surface area contributed by atoms with Crippen LogP contribution in [0, 0.1) is 16.7 Å². The van der Waals surface area contributed by atoms with Crippen LogP contribution in [0.3, 0.4) is 0 Å². The second-order valence-electron chi connectivity index (χ2n) is 6.97. The molecule has 1 heteroatoms. The molecular weight excluding hydrogens is 278 g/mol. The van der Waals surface area contributed by atoms with E-state index in [-0.39, 0.29) is 5.41 Å². The molecule has 4 rings (SSSR count). The molecule has 0 N–H and O–H groups in total. The van der Waals surface area contributed by atoms with Gasteiger partial charge in [0, 0.05) is 0 Å². The van der Waals surface area contributed by atoms with Gasteiger partial charge in [0.25, 0.3) is 0 Å². The summed E-state index contributed by atoms with van der Waals surface area (Å²) in [5.74, 6) is 0.588. The molecule has 2 aliphatic carbocycles. The minimum absolute atomic E-state index is 0.169. The van der Waals surface area contributed by atoms with Crippen LogP contribution in [0.15, 0.2) is 55.1 Å². The van der Waals surface area contributed by atoms with Crippen molar-refractivity contribution in [2.45, 2.75) is 38.0 Å². The zero-order valence-corrected chi connectivity index (χ0v) is 13.4. The molecule has 0 aromatic heterocycles. The van der Waals surface area contributed by atoms with Gasteiger partial charge in [0.1, 0.15) is 0 Å². The number of hydrogen-bond acceptors (Lipinski definition) is 1. The van der Waals surface area contributed by atoms with Crippen molar-refractivity contribution in [3.05, 3.63) is 60.7 Å². The Kier molecular flexibility index (Phi) is 3.34. The molecule has 114 valence electrons. The topological polar surface area (TPSA) is 23.8 Å². The number of allylic oxidation sites excluding steroid dienone is 1. The van der Waals surface area contributed by atoms with Gasteiger partial charge in [0.2, 0.25) is 0 Å². The van der Waals surface area contributed by atoms with Crippen LogP contribution in [-0.4, -0.2) is 0 Å². The highest BCUT2D eigenvalue weighted by atomic mass is 14.4. The van der Waals surface area contributed by atoms with Gasteiger partial charge in [-0.25, -0.2) is 0 Å². The summed E-state index contributed by atoms with van der Waals surface area (Å²) in [6, 6.07) is 18.0. The van der Waals surface area contributed by atoms with E-state index in [1.165, 1.54) is 27.8 Å². The molecule has 0 spiro atoms. The minimum Gasteiger partial charge on any atom is -0.198 e. The molecule has 1 saturated carbocycles. The average Bonchev–Trinajstić information content (AvgIpc) is 2.60. The van der Waals surface area contributed by atoms with E-state index in [2.05, 4.69) is 55.1 Å². The SMILES string of the molecule is C=CCC1(C#N)CCC(c2cccc3c2-c2ccccc2-3)CC1. The molecule has 1 nitrogen and oxygen atoms in total. The Balaban J connectivity index is 1.62. The lowest BCUT2D eigenvalue weighted by atomic mass is 9.66. The molecule has 0 unspecified atom stereocenters. The molecule has 1 fully saturated rings. The van der Waals surface area contributed by atoms with E-state index in [0.29, 0.717) is 5.92 Å². The van der Waals surface area contributed by atoms with Gasteiger partial charge in [-0.2, -0.15) is 5.26 Å². The van der Waals surface area contributed by atoms with Gasteiger partial charge in [-0.15, -0.1) is 6.58 Å². The fraction of sp³-hybridized carbons (Fsp3) is 0.318. The Morgan fingerprint density at radius 3 is 2.43 bits per heavy atom. The second-order valence-corrected chi connectivity index (χ2v) is 6.97. The molecule has 0 heterocycles. The summed E-state index contributed by atoms with van der Waals surface area (Å²) in [5.41, 5.74) is 6.98. The van der Waals surface area contributed by atoms with Crippen molar-refractivity contribution in [2.75, 3.05) is 0 Å². The molecular formula is C22H21N. The smallest absolute Gasteiger partial charge is 0.0693 e. The van der Waals surface area contributed by atoms with Crippen LogP contribution in [0.25, 0.3) is 22.3 Å². The van der Waals surface area contributed by atoms with Crippen LogP contribution in [0.1, 0.15) is 43.6 Å². The van der Waals surface area contributed by atoms with E-state index in [9.17, 15) is 5.26 Å². The molecule has 2 aromatic carbocycles. The minimum atomic E-state index is -0.169. The standard InChI is InChI=1S/C22H21N/c1-2-12-22(15-23)13-10-16(11-14-22)17-8-5-9-20-18-6-3-4-7-19(18)21(17)20/h2-9,16H,1,10-14H2. The molecule has 0 atom stereocenters. The zero-order chi connectivity index (χ0) is 15.9. The third kappa shape index (κ3) is 2.13. The highest BCUT2D eigenvalue weighted by molar-refractivity contribution is 6.03. The van der Waals surface area contributed by atoms with Crippen molar-refractivity contribution in [3.8, 4) is 28.3 Å². The number of hydrogen-bond donors (Lipinski definition) is 0. The molecule has 0 amide bonds. The van der Waals surface area contributed by atoms with Gasteiger partial charge >= 0.3 is 0 Å². The number of fused-ring (bicyclic) bond motifs is 4. The third-order valence-electron chi connectivity index (χ3n) is 5.74. The summed E-state index contributed by atoms with van der Waals surface area (Å²) in [7, 11) is 0. The first kappa shape index (κ1) is 14.3. The average molecular weight is 299 g/mol. The van der Waals surface area contributed by atoms with E-state index in [0.717, 1.165) is 32.1 Å². The van der Waals surface area contributed by atoms with E-state index in [4.69, 9.17) is 0 Å². The van der Waals surface area contributed by atoms with Gasteiger partial charge in [-0.3, -0.25) is 0 Å². The van der Waals surface area contributed by atoms with Crippen LogP contribution in [0.2, 0.25) is 0 Å². The zero-order valence-electron chi connectivity index (χ0n) is 13.4. The first-order valence-electron chi connectivity index (χ1n) is 8.53. The van der Waals surface area contributed by atoms with Crippen LogP contribution >= 0.6 is 0 Å². The van der Waals surface area contributed by atoms with E-state index < -0.39 is 0 Å². The quantitative estimate of drug-likeness (QED) is 0.538. The third-order valence-corrected chi connectivity index (χ3v) is 5.74. The summed E-state index contributed by atoms with van der Waals surface area (Å²) < 4.78 is 0. The fourth-order valence-corrected chi connectivity index (χ4v) is 4.43. The molecule has 0 saturated heterocycles. The summed E-state index contributed by atoms with van der Waals surface area (Å²) in [6.07, 6.45) is 6.94. The van der Waals surface area contributed by atoms with Gasteiger partial charge in [0.05, 0.1) is 11.5 Å². The van der Waals surface area contributed by atoms with Crippen molar-refractivity contribution in [2.24, 2.45) is 5.41 Å². The van der Waals surface area contributed by atoms with Crippen molar-refractivity contribution >= 4 is 0 Å². The Bertz CT molecular complexity index is 801. The largest absolute Gasteiger partial charge is 0.198 e. The van der Waals surface area contributed by atoms with Crippen LogP contribution in [-0.2, 0) is 0 Å². The van der Waals surface area contributed by atoms with Crippen LogP contribution in [0.5, 0.6) is 0 Å². The lowest BCUT2D eigenvalue weighted by Gasteiger charge is -2.37. The number of benzene rings is 2. The lowest BCUT2D eigenvalue weighted by molar-refractivity contribution is 0.248. The first-order chi connectivity index (χ1) is 11.3. The summed E-state index contributed by atoms with van der Waals surface area (Å²) >= 11 is 0. The Labute approximate surface area is 138 Å². The Hall–Kier alpha value is -2.33. The van der Waals surface area contributed by atoms with Gasteiger partial charge in [-0.1, -0.05) is 48.5 Å². The number of rotatable bonds is 3. The number of nitriles is 1. The maximum atomic E-state index is 9.57. The fourth-order valence-electron chi connectivity index (χ4n) is 4.43. The van der Waals surface area contributed by atoms with Gasteiger partial charge in [-0.05, 0) is 65.8 Å². The van der Waals surface area contributed by atoms with Gasteiger partial charge < -0.3 is 0 Å². The normalized spacial score (nSPS) is 24.7. The molecule has 23 heavy (non-hydrogen) atoms. The van der Waals surface area contributed by atoms with Crippen molar-refractivity contribution < 1.29 is 0 Å². The number of nitrogens with zero attached hydrogens (tertiary/aromatic N) is 1. The van der Waals surface area contributed by atoms with Crippen molar-refractivity contribution in [1.29, 1.82) is 5.26 Å². The summed E-state index contributed by atoms with van der Waals surface area (Å²) in [6.45, 7) is 3.83. The van der Waals surface area contributed by atoms with Crippen molar-refractivity contribution in [1.82, 2.24) is 0 Å². The summed E-state index contributed by atoms with van der Waals surface area (Å²) in [5, 5.41) is 9.57. The van der Waals surface area contributed by atoms with Crippen molar-refractivity contribution in [3.63, 3.8) is 0 Å². The first-order valence-corrected chi connectivity index (χ1v) is 8.53. The van der Waals surface area contributed by atoms with E-state index in [1.54, 1.807) is 0 Å². The van der Waals surface area contributed by atoms with E-state index in [1.807, 2.05) is 6.08 Å². The molecule has 2 aromatic rings. The molecule has 0 bridgehead atoms. The second kappa shape index (κ2) is 5.39. The van der Waals surface area contributed by atoms with Crippen LogP contribution < -0.4 is 0 Å². The maximum absolute atomic E-state index is 9.57. The predicted molar refractivity (Wildman–Crippen MR) is 94.9 cm³/mol. The maximum Gasteiger partial charge on any atom is 0.0693 e. The highest BCUT2D eigenvalue weighted by Gasteiger charge is 2.36. The van der Waals surface area contributed by atoms with Crippen LogP contribution in [0.4, 0.5) is 0 Å². The monoisotopic (exact) mass is 299 g/mol. The highest BCUT2D eigenvalue weighted by Crippen LogP contribution is 2.53. The predicted octanol–water partition coefficient (Wildman–Crippen LogP) is 6.08. The summed E-state index contributed by atoms with van der Waals surface area (Å²) in [4.78, 5) is 0. The lowest BCUT2D eigenvalue weighted by Crippen LogP contribution is -2.25. The molecule has 2 aliphatic rings. The van der Waals surface area contributed by atoms with Gasteiger partial charge in [0.15, 0.2) is 0 Å².